The minimum Gasteiger partial charge on any atom is -0.368 e. The molecule has 4 heterocycles. The fourth-order valence-electron chi connectivity index (χ4n) is 3.61. The quantitative estimate of drug-likeness (QED) is 0.845. The van der Waals surface area contributed by atoms with Crippen LogP contribution in [0.4, 0.5) is 8.78 Å². The van der Waals surface area contributed by atoms with E-state index in [9.17, 15) is 13.6 Å². The molecular weight excluding hydrogens is 332 g/mol. The van der Waals surface area contributed by atoms with Crippen LogP contribution in [0.1, 0.15) is 49.4 Å². The van der Waals surface area contributed by atoms with Gasteiger partial charge in [-0.05, 0) is 31.7 Å². The van der Waals surface area contributed by atoms with Crippen molar-refractivity contribution in [3.05, 3.63) is 23.8 Å². The fraction of sp³-hybridized carbons (Fsp3) is 0.625. The third-order valence-corrected chi connectivity index (χ3v) is 4.88. The zero-order chi connectivity index (χ0) is 17.4. The van der Waals surface area contributed by atoms with Crippen LogP contribution in [0.5, 0.6) is 0 Å². The molecule has 0 radical (unpaired) electrons. The molecule has 2 saturated heterocycles. The van der Waals surface area contributed by atoms with E-state index in [2.05, 4.69) is 15.1 Å². The molecule has 0 saturated carbocycles. The van der Waals surface area contributed by atoms with Crippen molar-refractivity contribution >= 4 is 11.7 Å². The maximum Gasteiger partial charge on any atom is 0.280 e. The second-order valence-corrected chi connectivity index (χ2v) is 6.50. The Morgan fingerprint density at radius 3 is 2.96 bits per heavy atom. The highest BCUT2D eigenvalue weighted by atomic mass is 19.3. The van der Waals surface area contributed by atoms with Gasteiger partial charge in [0.2, 0.25) is 0 Å². The summed E-state index contributed by atoms with van der Waals surface area (Å²) in [7, 11) is 0. The number of rotatable bonds is 3. The van der Waals surface area contributed by atoms with Gasteiger partial charge < -0.3 is 9.64 Å². The lowest BCUT2D eigenvalue weighted by Gasteiger charge is -2.34. The Morgan fingerprint density at radius 2 is 2.20 bits per heavy atom. The predicted molar refractivity (Wildman–Crippen MR) is 83.3 cm³/mol. The Hall–Kier alpha value is -2.16. The van der Waals surface area contributed by atoms with Crippen LogP contribution < -0.4 is 0 Å². The first-order chi connectivity index (χ1) is 12.1. The third-order valence-electron chi connectivity index (χ3n) is 4.88. The monoisotopic (exact) mass is 351 g/mol. The molecule has 2 aromatic heterocycles. The number of hydrogen-bond donors (Lipinski definition) is 0. The van der Waals surface area contributed by atoms with E-state index >= 15 is 0 Å². The summed E-state index contributed by atoms with van der Waals surface area (Å²) in [5.74, 6) is 0.0773. The van der Waals surface area contributed by atoms with Crippen LogP contribution in [0.3, 0.4) is 0 Å². The number of carbonyl (C=O) groups excluding carboxylic acids is 1. The maximum absolute atomic E-state index is 13.3. The second-order valence-electron chi connectivity index (χ2n) is 6.50. The minimum atomic E-state index is -2.67. The maximum atomic E-state index is 13.3. The number of piperidine rings is 1. The molecule has 25 heavy (non-hydrogen) atoms. The van der Waals surface area contributed by atoms with E-state index in [-0.39, 0.29) is 29.4 Å². The average molecular weight is 351 g/mol. The summed E-state index contributed by atoms with van der Waals surface area (Å²) in [5, 5.41) is 3.80. The van der Waals surface area contributed by atoms with Gasteiger partial charge in [0.1, 0.15) is 18.1 Å². The van der Waals surface area contributed by atoms with Gasteiger partial charge in [0.25, 0.3) is 18.1 Å². The van der Waals surface area contributed by atoms with Gasteiger partial charge in [-0.25, -0.2) is 13.8 Å². The molecule has 0 spiro atoms. The molecule has 2 fully saturated rings. The lowest BCUT2D eigenvalue weighted by atomic mass is 9.93. The van der Waals surface area contributed by atoms with E-state index in [1.807, 2.05) is 0 Å². The van der Waals surface area contributed by atoms with Gasteiger partial charge >= 0.3 is 0 Å². The number of aromatic nitrogens is 4. The molecule has 0 unspecified atom stereocenters. The largest absolute Gasteiger partial charge is 0.368 e. The zero-order valence-electron chi connectivity index (χ0n) is 13.6. The van der Waals surface area contributed by atoms with Gasteiger partial charge in [-0.2, -0.15) is 14.6 Å². The Bertz CT molecular complexity index is 775. The first kappa shape index (κ1) is 16.3. The highest BCUT2D eigenvalue weighted by Crippen LogP contribution is 2.30. The van der Waals surface area contributed by atoms with Crippen molar-refractivity contribution in [2.24, 2.45) is 0 Å². The standard InChI is InChI=1S/C16H19F2N5O2/c17-14(18)12-7-11(21-16-19-9-20-23(12)16)10-3-1-5-22(8-10)15(24)13-4-2-6-25-13/h7,9-10,13-14H,1-6,8H2/t10-,13+/m0/s1. The SMILES string of the molecule is O=C([C@H]1CCCO1)N1CCC[C@H](c2cc(C(F)F)n3ncnc3n2)C1. The molecule has 1 amide bonds. The highest BCUT2D eigenvalue weighted by Gasteiger charge is 2.33. The molecule has 9 heteroatoms. The lowest BCUT2D eigenvalue weighted by molar-refractivity contribution is -0.142. The van der Waals surface area contributed by atoms with Gasteiger partial charge in [0, 0.05) is 25.6 Å². The van der Waals surface area contributed by atoms with Crippen molar-refractivity contribution in [1.82, 2.24) is 24.5 Å². The van der Waals surface area contributed by atoms with Gasteiger partial charge in [-0.15, -0.1) is 0 Å². The number of hydrogen-bond acceptors (Lipinski definition) is 5. The predicted octanol–water partition coefficient (Wildman–Crippen LogP) is 1.95. The van der Waals surface area contributed by atoms with Crippen LogP contribution in [0.25, 0.3) is 5.78 Å². The smallest absolute Gasteiger partial charge is 0.280 e. The van der Waals surface area contributed by atoms with Crippen molar-refractivity contribution in [2.75, 3.05) is 19.7 Å². The van der Waals surface area contributed by atoms with E-state index in [1.165, 1.54) is 12.4 Å². The molecule has 2 aliphatic rings. The Balaban J connectivity index is 1.58. The van der Waals surface area contributed by atoms with E-state index < -0.39 is 6.43 Å². The molecule has 4 rings (SSSR count). The van der Waals surface area contributed by atoms with Crippen LogP contribution in [-0.2, 0) is 9.53 Å². The van der Waals surface area contributed by atoms with Crippen molar-refractivity contribution in [1.29, 1.82) is 0 Å². The van der Waals surface area contributed by atoms with Crippen LogP contribution in [0.15, 0.2) is 12.4 Å². The third kappa shape index (κ3) is 3.08. The van der Waals surface area contributed by atoms with Crippen LogP contribution in [0.2, 0.25) is 0 Å². The first-order valence-corrected chi connectivity index (χ1v) is 8.52. The number of amides is 1. The van der Waals surface area contributed by atoms with Gasteiger partial charge in [-0.1, -0.05) is 0 Å². The van der Waals surface area contributed by atoms with Crippen molar-refractivity contribution in [2.45, 2.75) is 44.1 Å². The number of nitrogens with zero attached hydrogens (tertiary/aromatic N) is 5. The Labute approximate surface area is 143 Å². The Morgan fingerprint density at radius 1 is 1.32 bits per heavy atom. The summed E-state index contributed by atoms with van der Waals surface area (Å²) < 4.78 is 33.2. The van der Waals surface area contributed by atoms with E-state index in [0.29, 0.717) is 25.4 Å². The summed E-state index contributed by atoms with van der Waals surface area (Å²) in [6.07, 6.45) is 1.45. The number of alkyl halides is 2. The molecule has 2 aromatic rings. The van der Waals surface area contributed by atoms with E-state index in [0.717, 1.165) is 30.2 Å². The van der Waals surface area contributed by atoms with Crippen molar-refractivity contribution in [3.63, 3.8) is 0 Å². The summed E-state index contributed by atoms with van der Waals surface area (Å²) in [5.41, 5.74) is 0.320. The van der Waals surface area contributed by atoms with Crippen LogP contribution in [0, 0.1) is 0 Å². The summed E-state index contributed by atoms with van der Waals surface area (Å²) in [6.45, 7) is 1.76. The molecular formula is C16H19F2N5O2. The molecule has 0 N–H and O–H groups in total. The Kier molecular flexibility index (Phi) is 4.32. The summed E-state index contributed by atoms with van der Waals surface area (Å²) >= 11 is 0. The number of fused-ring (bicyclic) bond motifs is 1. The van der Waals surface area contributed by atoms with Crippen LogP contribution in [-0.4, -0.2) is 56.2 Å². The topological polar surface area (TPSA) is 72.6 Å². The minimum absolute atomic E-state index is 0.000149. The van der Waals surface area contributed by atoms with Crippen molar-refractivity contribution in [3.8, 4) is 0 Å². The lowest BCUT2D eigenvalue weighted by Crippen LogP contribution is -2.44. The molecule has 0 aromatic carbocycles. The zero-order valence-corrected chi connectivity index (χ0v) is 13.6. The van der Waals surface area contributed by atoms with Crippen LogP contribution >= 0.6 is 0 Å². The number of halogens is 2. The number of ether oxygens (including phenoxy) is 1. The molecule has 2 atom stereocenters. The average Bonchev–Trinajstić information content (AvgIpc) is 3.31. The molecule has 134 valence electrons. The highest BCUT2D eigenvalue weighted by molar-refractivity contribution is 5.81. The van der Waals surface area contributed by atoms with E-state index in [1.54, 1.807) is 4.90 Å². The summed E-state index contributed by atoms with van der Waals surface area (Å²) in [6, 6.07) is 1.39. The normalized spacial score (nSPS) is 24.4. The molecule has 2 aliphatic heterocycles. The first-order valence-electron chi connectivity index (χ1n) is 8.52. The molecule has 7 nitrogen and oxygen atoms in total. The van der Waals surface area contributed by atoms with Crippen molar-refractivity contribution < 1.29 is 18.3 Å². The fourth-order valence-corrected chi connectivity index (χ4v) is 3.61. The van der Waals surface area contributed by atoms with E-state index in [4.69, 9.17) is 4.74 Å². The van der Waals surface area contributed by atoms with Gasteiger partial charge in [-0.3, -0.25) is 4.79 Å². The number of likely N-dealkylation sites (tertiary alicyclic amines) is 1. The number of carbonyl (C=O) groups is 1. The summed E-state index contributed by atoms with van der Waals surface area (Å²) in [4.78, 5) is 22.7. The second kappa shape index (κ2) is 6.62. The van der Waals surface area contributed by atoms with Gasteiger partial charge in [0.05, 0.1) is 5.69 Å². The molecule has 0 bridgehead atoms. The van der Waals surface area contributed by atoms with Gasteiger partial charge in [0.15, 0.2) is 0 Å². The molecule has 0 aliphatic carbocycles.